The fourth-order valence-corrected chi connectivity index (χ4v) is 3.77. The summed E-state index contributed by atoms with van der Waals surface area (Å²) in [5.41, 5.74) is 1.27. The third-order valence-electron chi connectivity index (χ3n) is 3.43. The van der Waals surface area contributed by atoms with Crippen LogP contribution >= 0.6 is 11.8 Å². The second-order valence-corrected chi connectivity index (χ2v) is 5.94. The Bertz CT molecular complexity index is 709. The number of thioether (sulfide) groups is 1. The summed E-state index contributed by atoms with van der Waals surface area (Å²) in [5, 5.41) is 6.39. The molecule has 7 heteroatoms. The molecule has 0 radical (unpaired) electrons. The average Bonchev–Trinajstić information content (AvgIpc) is 2.59. The van der Waals surface area contributed by atoms with Gasteiger partial charge in [0.05, 0.1) is 16.7 Å². The van der Waals surface area contributed by atoms with E-state index < -0.39 is 16.9 Å². The van der Waals surface area contributed by atoms with E-state index in [0.29, 0.717) is 17.1 Å². The third kappa shape index (κ3) is 2.31. The van der Waals surface area contributed by atoms with Crippen LogP contribution in [0.5, 0.6) is 0 Å². The van der Waals surface area contributed by atoms with Gasteiger partial charge in [-0.3, -0.25) is 9.48 Å². The predicted molar refractivity (Wildman–Crippen MR) is 77.2 cm³/mol. The molecule has 110 valence electrons. The van der Waals surface area contributed by atoms with Gasteiger partial charge in [-0.1, -0.05) is 6.07 Å². The van der Waals surface area contributed by atoms with Gasteiger partial charge in [0.15, 0.2) is 0 Å². The minimum Gasteiger partial charge on any atom is -0.310 e. The normalized spacial score (nSPS) is 18.1. The molecule has 0 saturated heterocycles. The van der Waals surface area contributed by atoms with E-state index >= 15 is 0 Å². The fourth-order valence-electron chi connectivity index (χ4n) is 2.54. The number of nitrogens with one attached hydrogen (secondary N) is 1. The molecule has 0 bridgehead atoms. The third-order valence-corrected chi connectivity index (χ3v) is 4.67. The van der Waals surface area contributed by atoms with Crippen LogP contribution in [0.15, 0.2) is 18.2 Å². The Labute approximate surface area is 124 Å². The summed E-state index contributed by atoms with van der Waals surface area (Å²) in [6.45, 7) is 1.77. The van der Waals surface area contributed by atoms with Gasteiger partial charge in [-0.2, -0.15) is 5.10 Å². The van der Waals surface area contributed by atoms with Gasteiger partial charge in [-0.15, -0.1) is 11.8 Å². The number of amides is 1. The number of nitrogens with zero attached hydrogens (tertiary/aromatic N) is 2. The highest BCUT2D eigenvalue weighted by atomic mass is 32.2. The number of hydrogen-bond acceptors (Lipinski definition) is 3. The van der Waals surface area contributed by atoms with E-state index in [1.165, 1.54) is 34.6 Å². The molecule has 0 spiro atoms. The van der Waals surface area contributed by atoms with Gasteiger partial charge >= 0.3 is 0 Å². The molecule has 1 aliphatic heterocycles. The van der Waals surface area contributed by atoms with Crippen molar-refractivity contribution in [2.24, 2.45) is 7.05 Å². The molecular formula is C14H13F2N3OS. The zero-order chi connectivity index (χ0) is 15.1. The standard InChI is InChI=1S/C14H13F2N3OS/c1-7-11-13(12-8(15)4-3-5-9(12)16)21-6-10(20)17-14(11)19(2)18-7/h3-5,13H,6H2,1-2H3,(H,17,20). The van der Waals surface area contributed by atoms with E-state index in [1.807, 2.05) is 0 Å². The van der Waals surface area contributed by atoms with Crippen molar-refractivity contribution in [1.29, 1.82) is 0 Å². The molecular weight excluding hydrogens is 296 g/mol. The first-order chi connectivity index (χ1) is 9.99. The number of carbonyl (C=O) groups excluding carboxylic acids is 1. The summed E-state index contributed by atoms with van der Waals surface area (Å²) in [4.78, 5) is 11.8. The highest BCUT2D eigenvalue weighted by Gasteiger charge is 2.32. The molecule has 2 heterocycles. The van der Waals surface area contributed by atoms with Crippen LogP contribution in [0.25, 0.3) is 0 Å². The molecule has 21 heavy (non-hydrogen) atoms. The second kappa shape index (κ2) is 5.14. The first kappa shape index (κ1) is 14.1. The Kier molecular flexibility index (Phi) is 3.44. The summed E-state index contributed by atoms with van der Waals surface area (Å²) < 4.78 is 29.8. The number of hydrogen-bond donors (Lipinski definition) is 1. The second-order valence-electron chi connectivity index (χ2n) is 4.85. The lowest BCUT2D eigenvalue weighted by Gasteiger charge is -2.16. The number of rotatable bonds is 1. The van der Waals surface area contributed by atoms with Gasteiger partial charge < -0.3 is 5.32 Å². The maximum absolute atomic E-state index is 14.1. The fraction of sp³-hybridized carbons (Fsp3) is 0.286. The van der Waals surface area contributed by atoms with Crippen LogP contribution in [0.1, 0.15) is 22.1 Å². The average molecular weight is 309 g/mol. The zero-order valence-corrected chi connectivity index (χ0v) is 12.3. The maximum Gasteiger partial charge on any atom is 0.235 e. The van der Waals surface area contributed by atoms with Gasteiger partial charge in [0.2, 0.25) is 5.91 Å². The Morgan fingerprint density at radius 1 is 1.33 bits per heavy atom. The van der Waals surface area contributed by atoms with Gasteiger partial charge in [0.25, 0.3) is 0 Å². The molecule has 0 saturated carbocycles. The van der Waals surface area contributed by atoms with Crippen molar-refractivity contribution >= 4 is 23.5 Å². The topological polar surface area (TPSA) is 46.9 Å². The molecule has 1 aliphatic rings. The molecule has 1 aromatic heterocycles. The van der Waals surface area contributed by atoms with Crippen LogP contribution in [0, 0.1) is 18.6 Å². The Hall–Kier alpha value is -1.89. The summed E-state index contributed by atoms with van der Waals surface area (Å²) in [7, 11) is 1.69. The largest absolute Gasteiger partial charge is 0.310 e. The number of halogens is 2. The maximum atomic E-state index is 14.1. The SMILES string of the molecule is Cc1nn(C)c2c1C(c1c(F)cccc1F)SCC(=O)N2. The monoisotopic (exact) mass is 309 g/mol. The number of aryl methyl sites for hydroxylation is 2. The van der Waals surface area contributed by atoms with Gasteiger partial charge in [0.1, 0.15) is 17.5 Å². The number of benzene rings is 1. The number of aromatic nitrogens is 2. The Morgan fingerprint density at radius 2 is 2.00 bits per heavy atom. The van der Waals surface area contributed by atoms with Gasteiger partial charge in [-0.05, 0) is 19.1 Å². The van der Waals surface area contributed by atoms with Gasteiger partial charge in [0, 0.05) is 18.2 Å². The van der Waals surface area contributed by atoms with E-state index in [2.05, 4.69) is 10.4 Å². The Morgan fingerprint density at radius 3 is 2.67 bits per heavy atom. The minimum atomic E-state index is -0.615. The van der Waals surface area contributed by atoms with Crippen molar-refractivity contribution in [3.05, 3.63) is 46.7 Å². The summed E-state index contributed by atoms with van der Waals surface area (Å²) >= 11 is 1.20. The quantitative estimate of drug-likeness (QED) is 0.881. The molecule has 1 unspecified atom stereocenters. The van der Waals surface area contributed by atoms with Crippen LogP contribution in [-0.2, 0) is 11.8 Å². The van der Waals surface area contributed by atoms with Crippen molar-refractivity contribution < 1.29 is 13.6 Å². The molecule has 1 aromatic carbocycles. The molecule has 2 aromatic rings. The highest BCUT2D eigenvalue weighted by Crippen LogP contribution is 2.44. The van der Waals surface area contributed by atoms with Crippen molar-refractivity contribution in [2.75, 3.05) is 11.1 Å². The summed E-state index contributed by atoms with van der Waals surface area (Å²) in [6, 6.07) is 3.78. The lowest BCUT2D eigenvalue weighted by Crippen LogP contribution is -2.15. The molecule has 0 fully saturated rings. The number of anilines is 1. The van der Waals surface area contributed by atoms with Crippen LogP contribution in [0.3, 0.4) is 0 Å². The van der Waals surface area contributed by atoms with E-state index in [1.54, 1.807) is 14.0 Å². The van der Waals surface area contributed by atoms with Crippen molar-refractivity contribution in [3.63, 3.8) is 0 Å². The smallest absolute Gasteiger partial charge is 0.235 e. The number of fused-ring (bicyclic) bond motifs is 1. The first-order valence-corrected chi connectivity index (χ1v) is 7.42. The summed E-state index contributed by atoms with van der Waals surface area (Å²) in [6.07, 6.45) is 0. The van der Waals surface area contributed by atoms with Crippen molar-refractivity contribution in [2.45, 2.75) is 12.2 Å². The van der Waals surface area contributed by atoms with E-state index in [0.717, 1.165) is 0 Å². The summed E-state index contributed by atoms with van der Waals surface area (Å²) in [5.74, 6) is -0.808. The van der Waals surface area contributed by atoms with Crippen molar-refractivity contribution in [3.8, 4) is 0 Å². The predicted octanol–water partition coefficient (Wildman–Crippen LogP) is 2.78. The molecule has 1 atom stereocenters. The molecule has 1 N–H and O–H groups in total. The lowest BCUT2D eigenvalue weighted by atomic mass is 10.0. The van der Waals surface area contributed by atoms with Gasteiger partial charge in [-0.25, -0.2) is 8.78 Å². The van der Waals surface area contributed by atoms with Crippen LogP contribution in [-0.4, -0.2) is 21.4 Å². The molecule has 1 amide bonds. The molecule has 4 nitrogen and oxygen atoms in total. The van der Waals surface area contributed by atoms with E-state index in [9.17, 15) is 13.6 Å². The lowest BCUT2D eigenvalue weighted by molar-refractivity contribution is -0.113. The molecule has 0 aliphatic carbocycles. The van der Waals surface area contributed by atoms with Crippen LogP contribution < -0.4 is 5.32 Å². The van der Waals surface area contributed by atoms with Crippen LogP contribution in [0.2, 0.25) is 0 Å². The minimum absolute atomic E-state index is 0.0312. The molecule has 3 rings (SSSR count). The number of carbonyl (C=O) groups is 1. The van der Waals surface area contributed by atoms with E-state index in [4.69, 9.17) is 0 Å². The first-order valence-electron chi connectivity index (χ1n) is 6.38. The van der Waals surface area contributed by atoms with E-state index in [-0.39, 0.29) is 17.2 Å². The Balaban J connectivity index is 2.22. The highest BCUT2D eigenvalue weighted by molar-refractivity contribution is 8.00. The van der Waals surface area contributed by atoms with Crippen LogP contribution in [0.4, 0.5) is 14.6 Å². The zero-order valence-electron chi connectivity index (χ0n) is 11.5. The van der Waals surface area contributed by atoms with Crippen molar-refractivity contribution in [1.82, 2.24) is 9.78 Å².